The highest BCUT2D eigenvalue weighted by Crippen LogP contribution is 2.41. The van der Waals surface area contributed by atoms with E-state index in [1.165, 1.54) is 23.9 Å². The first kappa shape index (κ1) is 26.2. The van der Waals surface area contributed by atoms with Crippen molar-refractivity contribution in [2.24, 2.45) is 0 Å². The number of thioether (sulfide) groups is 1. The maximum absolute atomic E-state index is 11.4. The van der Waals surface area contributed by atoms with Crippen LogP contribution < -0.4 is 4.74 Å². The van der Waals surface area contributed by atoms with Gasteiger partial charge in [-0.05, 0) is 54.3 Å². The summed E-state index contributed by atoms with van der Waals surface area (Å²) >= 11 is 20.2. The fraction of sp³-hybridized carbons (Fsp3) is 0.0741. The molecule has 0 aliphatic carbocycles. The highest BCUT2D eigenvalue weighted by atomic mass is 35.5. The van der Waals surface area contributed by atoms with Crippen molar-refractivity contribution in [1.29, 1.82) is 0 Å². The van der Waals surface area contributed by atoms with E-state index in [9.17, 15) is 10.3 Å². The lowest BCUT2D eigenvalue weighted by atomic mass is 10.1. The minimum Gasteiger partial charge on any atom is -0.508 e. The third-order valence-electron chi connectivity index (χ3n) is 5.59. The van der Waals surface area contributed by atoms with Crippen LogP contribution >= 0.6 is 46.6 Å². The molecule has 0 bridgehead atoms. The number of halogens is 3. The van der Waals surface area contributed by atoms with Gasteiger partial charge in [0.25, 0.3) is 0 Å². The first-order valence-electron chi connectivity index (χ1n) is 11.2. The van der Waals surface area contributed by atoms with Gasteiger partial charge in [0.2, 0.25) is 0 Å². The predicted octanol–water partition coefficient (Wildman–Crippen LogP) is 7.88. The molecule has 2 aromatic heterocycles. The average molecular weight is 586 g/mol. The Bertz CT molecular complexity index is 1600. The van der Waals surface area contributed by atoms with Gasteiger partial charge in [-0.1, -0.05) is 70.8 Å². The molecule has 2 heterocycles. The first-order chi connectivity index (χ1) is 18.3. The van der Waals surface area contributed by atoms with Crippen molar-refractivity contribution in [3.63, 3.8) is 0 Å². The van der Waals surface area contributed by atoms with Gasteiger partial charge in [-0.2, -0.15) is 4.73 Å². The lowest BCUT2D eigenvalue weighted by molar-refractivity contribution is 0.195. The number of aromatic hydroxyl groups is 1. The number of hydrogen-bond acceptors (Lipinski definition) is 7. The molecule has 0 aliphatic heterocycles. The summed E-state index contributed by atoms with van der Waals surface area (Å²) in [6.45, 7) is 0.332. The van der Waals surface area contributed by atoms with Crippen LogP contribution in [-0.4, -0.2) is 36.3 Å². The molecule has 5 aromatic rings. The van der Waals surface area contributed by atoms with E-state index in [-0.39, 0.29) is 27.2 Å². The molecular weight excluding hydrogens is 567 g/mol. The van der Waals surface area contributed by atoms with Crippen LogP contribution in [0.4, 0.5) is 0 Å². The second-order valence-electron chi connectivity index (χ2n) is 8.10. The number of aromatic nitrogens is 4. The van der Waals surface area contributed by atoms with Crippen LogP contribution in [0, 0.1) is 0 Å². The maximum Gasteiger partial charge on any atom is 0.187 e. The van der Waals surface area contributed by atoms with Gasteiger partial charge in [-0.15, -0.1) is 0 Å². The Hall–Kier alpha value is -3.43. The molecule has 0 unspecified atom stereocenters. The Kier molecular flexibility index (Phi) is 7.67. The molecule has 0 aliphatic rings. The van der Waals surface area contributed by atoms with Crippen molar-refractivity contribution in [3.8, 4) is 45.5 Å². The summed E-state index contributed by atoms with van der Waals surface area (Å²) in [6, 6.07) is 19.0. The van der Waals surface area contributed by atoms with Crippen molar-refractivity contribution in [2.45, 2.75) is 11.8 Å². The van der Waals surface area contributed by atoms with Gasteiger partial charge in [0.15, 0.2) is 11.0 Å². The van der Waals surface area contributed by atoms with E-state index in [2.05, 4.69) is 9.97 Å². The van der Waals surface area contributed by atoms with E-state index in [1.807, 2.05) is 36.6 Å². The number of phenols is 1. The molecular formula is C27H19Cl3N4O3S. The fourth-order valence-electron chi connectivity index (χ4n) is 3.84. The monoisotopic (exact) mass is 584 g/mol. The van der Waals surface area contributed by atoms with Crippen LogP contribution in [0.1, 0.15) is 5.56 Å². The molecule has 0 radical (unpaired) electrons. The standard InChI is InChI=1S/C27H19Cl3N4O3S/c1-38-27-31-10-9-22(32-27)24-25(34(36)26(33-24)23-20(29)12-18(35)13-21(23)30)16-3-2-4-19(11-16)37-14-15-5-7-17(28)8-6-15/h2-13,35-36H,14H2,1H3. The van der Waals surface area contributed by atoms with Crippen molar-refractivity contribution < 1.29 is 15.1 Å². The zero-order chi connectivity index (χ0) is 26.8. The first-order valence-corrected chi connectivity index (χ1v) is 13.6. The third-order valence-corrected chi connectivity index (χ3v) is 7.00. The normalized spacial score (nSPS) is 11.1. The predicted molar refractivity (Wildman–Crippen MR) is 151 cm³/mol. The van der Waals surface area contributed by atoms with E-state index < -0.39 is 0 Å². The second kappa shape index (κ2) is 11.1. The number of rotatable bonds is 7. The number of ether oxygens (including phenoxy) is 1. The Labute approximate surface area is 237 Å². The summed E-state index contributed by atoms with van der Waals surface area (Å²) in [6.07, 6.45) is 3.49. The summed E-state index contributed by atoms with van der Waals surface area (Å²) in [7, 11) is 0. The summed E-state index contributed by atoms with van der Waals surface area (Å²) in [5.41, 5.74) is 3.06. The molecule has 38 heavy (non-hydrogen) atoms. The smallest absolute Gasteiger partial charge is 0.187 e. The minimum absolute atomic E-state index is 0.0850. The van der Waals surface area contributed by atoms with Crippen LogP contribution in [0.3, 0.4) is 0 Å². The summed E-state index contributed by atoms with van der Waals surface area (Å²) < 4.78 is 6.92. The number of nitrogens with zero attached hydrogens (tertiary/aromatic N) is 4. The fourth-order valence-corrected chi connectivity index (χ4v) is 4.96. The van der Waals surface area contributed by atoms with Gasteiger partial charge in [-0.3, -0.25) is 0 Å². The van der Waals surface area contributed by atoms with Crippen LogP contribution in [0.15, 0.2) is 78.1 Å². The van der Waals surface area contributed by atoms with Crippen molar-refractivity contribution in [2.75, 3.05) is 6.26 Å². The van der Waals surface area contributed by atoms with E-state index in [0.717, 1.165) is 10.3 Å². The Morgan fingerprint density at radius 3 is 2.39 bits per heavy atom. The SMILES string of the molecule is CSc1nccc(-c2nc(-c3c(Cl)cc(O)cc3Cl)n(O)c2-c2cccc(OCc3ccc(Cl)cc3)c2)n1. The van der Waals surface area contributed by atoms with Crippen LogP contribution in [0.25, 0.3) is 34.0 Å². The highest BCUT2D eigenvalue weighted by molar-refractivity contribution is 7.98. The molecule has 7 nitrogen and oxygen atoms in total. The lowest BCUT2D eigenvalue weighted by Crippen LogP contribution is -2.00. The van der Waals surface area contributed by atoms with Gasteiger partial charge >= 0.3 is 0 Å². The van der Waals surface area contributed by atoms with Gasteiger partial charge < -0.3 is 15.1 Å². The van der Waals surface area contributed by atoms with E-state index in [0.29, 0.717) is 45.2 Å². The second-order valence-corrected chi connectivity index (χ2v) is 10.1. The minimum atomic E-state index is -0.105. The van der Waals surface area contributed by atoms with E-state index in [1.54, 1.807) is 30.5 Å². The number of benzene rings is 3. The molecule has 2 N–H and O–H groups in total. The Morgan fingerprint density at radius 2 is 1.68 bits per heavy atom. The highest BCUT2D eigenvalue weighted by Gasteiger charge is 2.25. The summed E-state index contributed by atoms with van der Waals surface area (Å²) in [5, 5.41) is 22.8. The molecule has 192 valence electrons. The maximum atomic E-state index is 11.4. The quantitative estimate of drug-likeness (QED) is 0.114. The zero-order valence-electron chi connectivity index (χ0n) is 19.8. The van der Waals surface area contributed by atoms with Gasteiger partial charge in [0, 0.05) is 16.8 Å². The number of imidazole rings is 1. The molecule has 0 spiro atoms. The zero-order valence-corrected chi connectivity index (χ0v) is 22.9. The number of hydrogen-bond donors (Lipinski definition) is 2. The molecule has 0 saturated carbocycles. The topological polar surface area (TPSA) is 93.3 Å². The third kappa shape index (κ3) is 5.39. The van der Waals surface area contributed by atoms with Gasteiger partial charge in [0.1, 0.15) is 29.5 Å². The largest absolute Gasteiger partial charge is 0.508 e. The number of phenolic OH excluding ortho intramolecular Hbond substituents is 1. The molecule has 0 fully saturated rings. The molecule has 0 atom stereocenters. The Morgan fingerprint density at radius 1 is 0.947 bits per heavy atom. The van der Waals surface area contributed by atoms with E-state index in [4.69, 9.17) is 44.5 Å². The average Bonchev–Trinajstić information content (AvgIpc) is 3.24. The lowest BCUT2D eigenvalue weighted by Gasteiger charge is -2.11. The molecule has 0 amide bonds. The van der Waals surface area contributed by atoms with Gasteiger partial charge in [0.05, 0.1) is 21.3 Å². The van der Waals surface area contributed by atoms with Crippen molar-refractivity contribution in [1.82, 2.24) is 19.7 Å². The van der Waals surface area contributed by atoms with Crippen LogP contribution in [-0.2, 0) is 6.61 Å². The Balaban J connectivity index is 1.62. The summed E-state index contributed by atoms with van der Waals surface area (Å²) in [4.78, 5) is 13.5. The van der Waals surface area contributed by atoms with Crippen molar-refractivity contribution in [3.05, 3.63) is 93.6 Å². The van der Waals surface area contributed by atoms with Crippen molar-refractivity contribution >= 4 is 46.6 Å². The van der Waals surface area contributed by atoms with Crippen LogP contribution in [0.2, 0.25) is 15.1 Å². The molecule has 11 heteroatoms. The van der Waals surface area contributed by atoms with E-state index >= 15 is 0 Å². The van der Waals surface area contributed by atoms with Crippen LogP contribution in [0.5, 0.6) is 11.5 Å². The molecule has 3 aromatic carbocycles. The van der Waals surface area contributed by atoms with Gasteiger partial charge in [-0.25, -0.2) is 15.0 Å². The molecule has 5 rings (SSSR count). The summed E-state index contributed by atoms with van der Waals surface area (Å²) in [5.74, 6) is 0.562. The molecule has 0 saturated heterocycles.